The number of alkyl halides is 3. The van der Waals surface area contributed by atoms with Gasteiger partial charge in [-0.05, 0) is 61.9 Å². The molecule has 0 aliphatic carbocycles. The number of sulfonamides is 1. The Bertz CT molecular complexity index is 1940. The minimum atomic E-state index is -4.87. The van der Waals surface area contributed by atoms with Gasteiger partial charge in [0.2, 0.25) is 5.70 Å². The van der Waals surface area contributed by atoms with Gasteiger partial charge < -0.3 is 0 Å². The highest BCUT2D eigenvalue weighted by Crippen LogP contribution is 2.45. The molecule has 9 nitrogen and oxygen atoms in total. The van der Waals surface area contributed by atoms with Crippen molar-refractivity contribution >= 4 is 31.6 Å². The van der Waals surface area contributed by atoms with Crippen LogP contribution in [0.1, 0.15) is 35.2 Å². The van der Waals surface area contributed by atoms with Crippen LogP contribution >= 0.6 is 0 Å². The summed E-state index contributed by atoms with van der Waals surface area (Å²) < 4.78 is 94.8. The van der Waals surface area contributed by atoms with E-state index in [0.29, 0.717) is 20.8 Å². The number of aryl methyl sites for hydroxylation is 1. The number of allylic oxidation sites excluding steroid dienone is 1. The number of nitriles is 1. The van der Waals surface area contributed by atoms with Crippen LogP contribution in [0.2, 0.25) is 0 Å². The van der Waals surface area contributed by atoms with E-state index in [1.165, 1.54) is 37.3 Å². The number of carbonyl (C=O) groups excluding carboxylic acids is 1. The summed E-state index contributed by atoms with van der Waals surface area (Å²) >= 11 is 0. The molecule has 216 valence electrons. The van der Waals surface area contributed by atoms with Crippen LogP contribution in [0, 0.1) is 24.8 Å². The molecule has 0 spiro atoms. The van der Waals surface area contributed by atoms with Crippen molar-refractivity contribution in [3.8, 4) is 6.07 Å². The van der Waals surface area contributed by atoms with Crippen molar-refractivity contribution in [1.82, 2.24) is 4.31 Å². The van der Waals surface area contributed by atoms with Crippen molar-refractivity contribution in [3.05, 3.63) is 112 Å². The quantitative estimate of drug-likeness (QED) is 0.335. The minimum Gasteiger partial charge on any atom is -0.277 e. The third-order valence-corrected chi connectivity index (χ3v) is 9.45. The lowest BCUT2D eigenvalue weighted by Crippen LogP contribution is -2.52. The lowest BCUT2D eigenvalue weighted by atomic mass is 9.98. The van der Waals surface area contributed by atoms with E-state index in [2.05, 4.69) is 4.85 Å². The van der Waals surface area contributed by atoms with Crippen LogP contribution in [0.4, 0.5) is 23.7 Å². The monoisotopic (exact) mass is 614 g/mol. The second-order valence-electron chi connectivity index (χ2n) is 9.40. The molecule has 1 atom stereocenters. The maximum atomic E-state index is 14.2. The lowest BCUT2D eigenvalue weighted by Gasteiger charge is -2.41. The Kier molecular flexibility index (Phi) is 7.67. The molecule has 14 heteroatoms. The Morgan fingerprint density at radius 1 is 0.976 bits per heavy atom. The molecular formula is C28H21F3N4O5S2. The summed E-state index contributed by atoms with van der Waals surface area (Å²) in [6, 6.07) is 10.9. The number of amides is 2. The van der Waals surface area contributed by atoms with Gasteiger partial charge in [-0.2, -0.15) is 18.4 Å². The van der Waals surface area contributed by atoms with Gasteiger partial charge in [-0.1, -0.05) is 29.8 Å². The molecule has 1 aliphatic rings. The number of hydrogen-bond donors (Lipinski definition) is 0. The summed E-state index contributed by atoms with van der Waals surface area (Å²) in [4.78, 5) is 17.4. The van der Waals surface area contributed by atoms with Crippen molar-refractivity contribution < 1.29 is 34.8 Å². The Morgan fingerprint density at radius 3 is 2.17 bits per heavy atom. The predicted octanol–water partition coefficient (Wildman–Crippen LogP) is 5.81. The molecule has 1 heterocycles. The second-order valence-corrected chi connectivity index (χ2v) is 13.2. The zero-order valence-corrected chi connectivity index (χ0v) is 23.8. The van der Waals surface area contributed by atoms with Gasteiger partial charge >= 0.3 is 12.2 Å². The number of urea groups is 1. The first kappa shape index (κ1) is 30.3. The summed E-state index contributed by atoms with van der Waals surface area (Å²) in [7, 11) is -9.02. The molecule has 0 fully saturated rings. The average molecular weight is 615 g/mol. The molecule has 0 saturated carbocycles. The van der Waals surface area contributed by atoms with Crippen molar-refractivity contribution in [2.24, 2.45) is 0 Å². The van der Waals surface area contributed by atoms with E-state index in [4.69, 9.17) is 6.57 Å². The SMILES string of the molecule is [C-]#[N+]C1=C(C)N(c2cccc(C(F)(F)F)c2)C(=O)N(S(=O)(=O)c2ccc(C)cc2)[C@@H]1c1ccc(C#N)cc1S(C)(=O)=O. The molecule has 3 aromatic rings. The fourth-order valence-electron chi connectivity index (χ4n) is 4.53. The Labute approximate surface area is 240 Å². The van der Waals surface area contributed by atoms with Crippen LogP contribution in [0.15, 0.2) is 87.9 Å². The largest absolute Gasteiger partial charge is 0.416 e. The molecule has 0 aromatic heterocycles. The highest BCUT2D eigenvalue weighted by molar-refractivity contribution is 7.91. The first-order valence-corrected chi connectivity index (χ1v) is 15.3. The molecule has 0 N–H and O–H groups in total. The minimum absolute atomic E-state index is 0.0788. The maximum Gasteiger partial charge on any atom is 0.416 e. The van der Waals surface area contributed by atoms with Gasteiger partial charge in [-0.3, -0.25) is 4.90 Å². The molecule has 4 rings (SSSR count). The highest BCUT2D eigenvalue weighted by Gasteiger charge is 2.48. The molecule has 0 bridgehead atoms. The van der Waals surface area contributed by atoms with Gasteiger partial charge in [0, 0.05) is 17.6 Å². The summed E-state index contributed by atoms with van der Waals surface area (Å²) in [5, 5.41) is 9.35. The molecule has 2 amide bonds. The van der Waals surface area contributed by atoms with Crippen LogP contribution in [-0.2, 0) is 26.0 Å². The lowest BCUT2D eigenvalue weighted by molar-refractivity contribution is -0.137. The van der Waals surface area contributed by atoms with E-state index in [-0.39, 0.29) is 27.4 Å². The van der Waals surface area contributed by atoms with E-state index in [1.807, 2.05) is 0 Å². The summed E-state index contributed by atoms with van der Waals surface area (Å²) in [6.45, 7) is 10.9. The number of benzene rings is 3. The first-order valence-electron chi connectivity index (χ1n) is 12.0. The zero-order valence-electron chi connectivity index (χ0n) is 22.2. The molecule has 0 saturated heterocycles. The van der Waals surface area contributed by atoms with Gasteiger partial charge in [0.05, 0.1) is 33.6 Å². The number of rotatable bonds is 5. The Hall–Kier alpha value is -4.66. The maximum absolute atomic E-state index is 14.2. The molecular weight excluding hydrogens is 593 g/mol. The molecule has 0 unspecified atom stereocenters. The van der Waals surface area contributed by atoms with Crippen LogP contribution < -0.4 is 4.90 Å². The summed E-state index contributed by atoms with van der Waals surface area (Å²) in [6.07, 6.45) is -3.97. The highest BCUT2D eigenvalue weighted by atomic mass is 32.2. The Morgan fingerprint density at radius 2 is 1.62 bits per heavy atom. The summed E-state index contributed by atoms with van der Waals surface area (Å²) in [5.41, 5.74) is -1.80. The number of sulfone groups is 1. The van der Waals surface area contributed by atoms with Crippen LogP contribution in [-0.4, -0.2) is 33.4 Å². The second kappa shape index (κ2) is 10.6. The number of carbonyl (C=O) groups is 1. The van der Waals surface area contributed by atoms with E-state index >= 15 is 0 Å². The molecule has 1 aliphatic heterocycles. The standard InChI is InChI=1S/C28H21F3N4O5S2/c1-17-8-11-22(12-9-17)42(39,40)35-26(23-13-10-19(16-32)14-24(23)41(4,37)38)25(33-3)18(2)34(27(35)36)21-7-5-6-20(15-21)28(29,30)31/h5-15,26H,1-2,4H3/t26-/m1/s1. The van der Waals surface area contributed by atoms with Gasteiger partial charge in [0.15, 0.2) is 9.84 Å². The average Bonchev–Trinajstić information content (AvgIpc) is 2.91. The molecule has 3 aromatic carbocycles. The Balaban J connectivity index is 2.11. The van der Waals surface area contributed by atoms with E-state index in [1.54, 1.807) is 13.0 Å². The van der Waals surface area contributed by atoms with Gasteiger partial charge in [0.1, 0.15) is 6.04 Å². The third-order valence-electron chi connectivity index (χ3n) is 6.55. The summed E-state index contributed by atoms with van der Waals surface area (Å²) in [5.74, 6) is 0. The number of hydrogen-bond acceptors (Lipinski definition) is 6. The van der Waals surface area contributed by atoms with E-state index in [0.717, 1.165) is 36.6 Å². The van der Waals surface area contributed by atoms with E-state index < -0.39 is 54.3 Å². The first-order chi connectivity index (χ1) is 19.5. The van der Waals surface area contributed by atoms with Crippen molar-refractivity contribution in [3.63, 3.8) is 0 Å². The van der Waals surface area contributed by atoms with Gasteiger partial charge in [-0.15, -0.1) is 0 Å². The number of halogens is 3. The number of nitrogens with zero attached hydrogens (tertiary/aromatic N) is 4. The van der Waals surface area contributed by atoms with Crippen LogP contribution in [0.3, 0.4) is 0 Å². The topological polar surface area (TPSA) is 120 Å². The molecule has 42 heavy (non-hydrogen) atoms. The van der Waals surface area contributed by atoms with E-state index in [9.17, 15) is 40.1 Å². The van der Waals surface area contributed by atoms with Crippen molar-refractivity contribution in [2.45, 2.75) is 35.9 Å². The third kappa shape index (κ3) is 5.34. The predicted molar refractivity (Wildman–Crippen MR) is 146 cm³/mol. The van der Waals surface area contributed by atoms with Crippen molar-refractivity contribution in [2.75, 3.05) is 11.2 Å². The normalized spacial score (nSPS) is 16.3. The zero-order chi connectivity index (χ0) is 31.2. The van der Waals surface area contributed by atoms with Crippen molar-refractivity contribution in [1.29, 1.82) is 5.26 Å². The molecule has 0 radical (unpaired) electrons. The number of anilines is 1. The van der Waals surface area contributed by atoms with Crippen LogP contribution in [0.5, 0.6) is 0 Å². The van der Waals surface area contributed by atoms with Gasteiger partial charge in [0.25, 0.3) is 10.0 Å². The van der Waals surface area contributed by atoms with Crippen LogP contribution in [0.25, 0.3) is 4.85 Å². The fraction of sp³-hybridized carbons (Fsp3) is 0.179. The smallest absolute Gasteiger partial charge is 0.277 e. The van der Waals surface area contributed by atoms with Gasteiger partial charge in [-0.25, -0.2) is 30.8 Å². The fourth-order valence-corrected chi connectivity index (χ4v) is 6.97.